The molecule has 0 bridgehead atoms. The van der Waals surface area contributed by atoms with Crippen LogP contribution in [-0.4, -0.2) is 43.0 Å². The summed E-state index contributed by atoms with van der Waals surface area (Å²) in [6.07, 6.45) is 6.27. The van der Waals surface area contributed by atoms with Gasteiger partial charge in [0.2, 0.25) is 0 Å². The lowest BCUT2D eigenvalue weighted by Gasteiger charge is -2.27. The Hall–Kier alpha value is -0.730. The molecule has 1 heterocycles. The van der Waals surface area contributed by atoms with E-state index >= 15 is 0 Å². The summed E-state index contributed by atoms with van der Waals surface area (Å²) in [5, 5.41) is 11.8. The van der Waals surface area contributed by atoms with Crippen molar-refractivity contribution in [2.24, 2.45) is 10.9 Å². The Bertz CT molecular complexity index is 251. The summed E-state index contributed by atoms with van der Waals surface area (Å²) in [6.45, 7) is 3.18. The lowest BCUT2D eigenvalue weighted by molar-refractivity contribution is 0.224. The van der Waals surface area contributed by atoms with Gasteiger partial charge in [0.15, 0.2) is 11.4 Å². The molecule has 15 heavy (non-hydrogen) atoms. The molecule has 0 radical (unpaired) electrons. The molecule has 0 unspecified atom stereocenters. The Balaban J connectivity index is 2.32. The molecule has 0 aromatic carbocycles. The number of amidine groups is 1. The van der Waals surface area contributed by atoms with E-state index in [1.807, 2.05) is 12.4 Å². The van der Waals surface area contributed by atoms with Gasteiger partial charge in [-0.3, -0.25) is 10.3 Å². The zero-order chi connectivity index (χ0) is 11.1. The van der Waals surface area contributed by atoms with Crippen molar-refractivity contribution in [1.82, 2.24) is 10.2 Å². The van der Waals surface area contributed by atoms with E-state index in [0.29, 0.717) is 5.92 Å². The Morgan fingerprint density at radius 2 is 2.27 bits per heavy atom. The molecule has 1 aliphatic rings. The van der Waals surface area contributed by atoms with E-state index in [4.69, 9.17) is 5.26 Å². The Labute approximate surface area is 95.7 Å². The molecule has 0 saturated carbocycles. The van der Waals surface area contributed by atoms with Crippen LogP contribution in [0.2, 0.25) is 0 Å². The number of hydrogen-bond donors (Lipinski definition) is 1. The summed E-state index contributed by atoms with van der Waals surface area (Å²) in [7, 11) is 2.16. The number of piperidine rings is 1. The number of nitrogens with zero attached hydrogens (tertiary/aromatic N) is 3. The molecule has 1 N–H and O–H groups in total. The van der Waals surface area contributed by atoms with Crippen LogP contribution in [0.1, 0.15) is 12.8 Å². The van der Waals surface area contributed by atoms with Crippen LogP contribution in [0.5, 0.6) is 0 Å². The van der Waals surface area contributed by atoms with Gasteiger partial charge in [0.05, 0.1) is 0 Å². The fraction of sp³-hybridized carbons (Fsp3) is 0.800. The van der Waals surface area contributed by atoms with Gasteiger partial charge in [-0.25, -0.2) is 0 Å². The lowest BCUT2D eigenvalue weighted by Crippen LogP contribution is -2.31. The van der Waals surface area contributed by atoms with Gasteiger partial charge in [-0.1, -0.05) is 11.8 Å². The maximum atomic E-state index is 8.48. The first-order valence-corrected chi connectivity index (χ1v) is 6.40. The van der Waals surface area contributed by atoms with Crippen LogP contribution in [0.15, 0.2) is 4.99 Å². The van der Waals surface area contributed by atoms with Crippen LogP contribution in [0.3, 0.4) is 0 Å². The van der Waals surface area contributed by atoms with E-state index in [-0.39, 0.29) is 0 Å². The SMILES string of the molecule is CSC(=NCC1CCN(C)CC1)NC#N. The molecule has 1 fully saturated rings. The molecule has 1 rings (SSSR count). The molecular weight excluding hydrogens is 208 g/mol. The molecule has 1 aliphatic heterocycles. The van der Waals surface area contributed by atoms with Crippen molar-refractivity contribution in [3.8, 4) is 6.19 Å². The highest BCUT2D eigenvalue weighted by molar-refractivity contribution is 8.13. The second kappa shape index (κ2) is 6.70. The maximum Gasteiger partial charge on any atom is 0.183 e. The molecule has 84 valence electrons. The Morgan fingerprint density at radius 1 is 1.60 bits per heavy atom. The third-order valence-electron chi connectivity index (χ3n) is 2.69. The number of hydrogen-bond acceptors (Lipinski definition) is 4. The second-order valence-corrected chi connectivity index (χ2v) is 4.63. The highest BCUT2D eigenvalue weighted by Gasteiger charge is 2.15. The minimum atomic E-state index is 0.684. The van der Waals surface area contributed by atoms with Crippen LogP contribution < -0.4 is 5.32 Å². The molecule has 4 nitrogen and oxygen atoms in total. The average Bonchev–Trinajstić information content (AvgIpc) is 2.26. The number of nitrogens with one attached hydrogen (secondary N) is 1. The first kappa shape index (κ1) is 12.3. The minimum Gasteiger partial charge on any atom is -0.306 e. The molecule has 0 aliphatic carbocycles. The molecule has 0 amide bonds. The van der Waals surface area contributed by atoms with E-state index < -0.39 is 0 Å². The van der Waals surface area contributed by atoms with Crippen molar-refractivity contribution in [3.05, 3.63) is 0 Å². The minimum absolute atomic E-state index is 0.684. The maximum absolute atomic E-state index is 8.48. The number of thioether (sulfide) groups is 1. The van der Waals surface area contributed by atoms with Crippen molar-refractivity contribution in [3.63, 3.8) is 0 Å². The molecule has 0 spiro atoms. The van der Waals surface area contributed by atoms with Gasteiger partial charge in [-0.2, -0.15) is 5.26 Å². The molecular formula is C10H18N4S. The van der Waals surface area contributed by atoms with E-state index in [1.54, 1.807) is 0 Å². The number of nitriles is 1. The first-order valence-electron chi connectivity index (χ1n) is 5.18. The topological polar surface area (TPSA) is 51.4 Å². The van der Waals surface area contributed by atoms with Gasteiger partial charge in [-0.05, 0) is 45.2 Å². The number of rotatable bonds is 2. The van der Waals surface area contributed by atoms with Gasteiger partial charge >= 0.3 is 0 Å². The zero-order valence-electron chi connectivity index (χ0n) is 9.36. The van der Waals surface area contributed by atoms with Crippen LogP contribution in [0.25, 0.3) is 0 Å². The highest BCUT2D eigenvalue weighted by atomic mass is 32.2. The van der Waals surface area contributed by atoms with Crippen molar-refractivity contribution in [2.45, 2.75) is 12.8 Å². The molecule has 1 saturated heterocycles. The zero-order valence-corrected chi connectivity index (χ0v) is 10.2. The van der Waals surface area contributed by atoms with E-state index in [2.05, 4.69) is 22.3 Å². The third-order valence-corrected chi connectivity index (χ3v) is 3.31. The highest BCUT2D eigenvalue weighted by Crippen LogP contribution is 2.16. The van der Waals surface area contributed by atoms with Gasteiger partial charge < -0.3 is 4.90 Å². The van der Waals surface area contributed by atoms with Gasteiger partial charge in [-0.15, -0.1) is 0 Å². The Morgan fingerprint density at radius 3 is 2.80 bits per heavy atom. The first-order chi connectivity index (χ1) is 7.26. The van der Waals surface area contributed by atoms with E-state index in [9.17, 15) is 0 Å². The summed E-state index contributed by atoms with van der Waals surface area (Å²) in [5.74, 6) is 0.684. The number of aliphatic imine (C=N–C) groups is 1. The summed E-state index contributed by atoms with van der Waals surface area (Å²) in [6, 6.07) is 0. The van der Waals surface area contributed by atoms with Crippen molar-refractivity contribution in [1.29, 1.82) is 5.26 Å². The van der Waals surface area contributed by atoms with Crippen molar-refractivity contribution in [2.75, 3.05) is 32.9 Å². The summed E-state index contributed by atoms with van der Waals surface area (Å²) in [4.78, 5) is 6.76. The largest absolute Gasteiger partial charge is 0.306 e. The van der Waals surface area contributed by atoms with Gasteiger partial charge in [0.25, 0.3) is 0 Å². The summed E-state index contributed by atoms with van der Waals surface area (Å²) < 4.78 is 0. The quantitative estimate of drug-likeness (QED) is 0.332. The van der Waals surface area contributed by atoms with Crippen molar-refractivity contribution < 1.29 is 0 Å². The van der Waals surface area contributed by atoms with E-state index in [1.165, 1.54) is 37.7 Å². The van der Waals surface area contributed by atoms with E-state index in [0.717, 1.165) is 11.7 Å². The fourth-order valence-electron chi connectivity index (χ4n) is 1.66. The number of likely N-dealkylation sites (tertiary alicyclic amines) is 1. The predicted molar refractivity (Wildman–Crippen MR) is 64.8 cm³/mol. The third kappa shape index (κ3) is 4.54. The van der Waals surface area contributed by atoms with Crippen LogP contribution in [0.4, 0.5) is 0 Å². The molecule has 0 aromatic heterocycles. The average molecular weight is 226 g/mol. The van der Waals surface area contributed by atoms with Crippen LogP contribution in [-0.2, 0) is 0 Å². The lowest BCUT2D eigenvalue weighted by atomic mass is 9.97. The summed E-state index contributed by atoms with van der Waals surface area (Å²) in [5.41, 5.74) is 0. The smallest absolute Gasteiger partial charge is 0.183 e. The second-order valence-electron chi connectivity index (χ2n) is 3.83. The van der Waals surface area contributed by atoms with Gasteiger partial charge in [0.1, 0.15) is 0 Å². The van der Waals surface area contributed by atoms with Gasteiger partial charge in [0, 0.05) is 6.54 Å². The Kier molecular flexibility index (Phi) is 5.51. The standard InChI is InChI=1S/C10H18N4S/c1-14-5-3-9(4-6-14)7-12-10(15-2)13-8-11/h9H,3-7H2,1-2H3,(H,12,13). The van der Waals surface area contributed by atoms with Crippen LogP contribution >= 0.6 is 11.8 Å². The fourth-order valence-corrected chi connectivity index (χ4v) is 2.01. The summed E-state index contributed by atoms with van der Waals surface area (Å²) >= 11 is 1.49. The molecule has 5 heteroatoms. The monoisotopic (exact) mass is 226 g/mol. The molecule has 0 aromatic rings. The predicted octanol–water partition coefficient (Wildman–Crippen LogP) is 1.12. The molecule has 0 atom stereocenters. The normalized spacial score (nSPS) is 19.9. The van der Waals surface area contributed by atoms with Crippen molar-refractivity contribution >= 4 is 16.9 Å². The van der Waals surface area contributed by atoms with Crippen LogP contribution in [0, 0.1) is 17.4 Å².